The van der Waals surface area contributed by atoms with Crippen LogP contribution in [-0.2, 0) is 16.1 Å². The van der Waals surface area contributed by atoms with Gasteiger partial charge in [-0.3, -0.25) is 9.59 Å². The molecule has 4 rings (SSSR count). The molecule has 1 aliphatic heterocycles. The fourth-order valence-corrected chi connectivity index (χ4v) is 4.12. The summed E-state index contributed by atoms with van der Waals surface area (Å²) in [6.45, 7) is 0.740. The molecule has 2 aromatic rings. The Morgan fingerprint density at radius 1 is 1.13 bits per heavy atom. The number of aromatic nitrogens is 3. The van der Waals surface area contributed by atoms with Gasteiger partial charge in [-0.15, -0.1) is 10.2 Å². The topological polar surface area (TPSA) is 98.1 Å². The molecule has 2 fully saturated rings. The van der Waals surface area contributed by atoms with Gasteiger partial charge in [-0.05, 0) is 43.9 Å². The summed E-state index contributed by atoms with van der Waals surface area (Å²) in [6, 6.07) is 4.14. The number of halogens is 1. The fourth-order valence-electron chi connectivity index (χ4n) is 4.12. The fraction of sp³-hybridized carbons (Fsp3) is 0.524. The molecule has 2 N–H and O–H groups in total. The summed E-state index contributed by atoms with van der Waals surface area (Å²) >= 11 is 0. The number of hydrogen-bond donors (Lipinski definition) is 2. The number of hydrogen-bond acceptors (Lipinski definition) is 5. The average molecular weight is 415 g/mol. The van der Waals surface area contributed by atoms with Crippen LogP contribution in [-0.4, -0.2) is 39.3 Å². The van der Waals surface area contributed by atoms with Crippen molar-refractivity contribution < 1.29 is 18.7 Å². The zero-order valence-electron chi connectivity index (χ0n) is 16.8. The van der Waals surface area contributed by atoms with Gasteiger partial charge in [-0.2, -0.15) is 0 Å². The van der Waals surface area contributed by atoms with Crippen LogP contribution in [0.4, 0.5) is 10.1 Å². The van der Waals surface area contributed by atoms with E-state index in [1.165, 1.54) is 31.4 Å². The number of carbonyl (C=O) groups excluding carboxylic acids is 2. The van der Waals surface area contributed by atoms with Crippen LogP contribution in [0.2, 0.25) is 0 Å². The van der Waals surface area contributed by atoms with Crippen molar-refractivity contribution >= 4 is 17.5 Å². The minimum absolute atomic E-state index is 0.126. The highest BCUT2D eigenvalue weighted by Crippen LogP contribution is 2.28. The number of amides is 2. The molecule has 1 aromatic heterocycles. The molecule has 2 aliphatic rings. The van der Waals surface area contributed by atoms with Crippen LogP contribution >= 0.6 is 0 Å². The first-order chi connectivity index (χ1) is 14.6. The van der Waals surface area contributed by atoms with Crippen LogP contribution in [0.5, 0.6) is 0 Å². The second kappa shape index (κ2) is 9.34. The zero-order chi connectivity index (χ0) is 20.9. The van der Waals surface area contributed by atoms with Crippen molar-refractivity contribution in [3.63, 3.8) is 0 Å². The Labute approximate surface area is 174 Å². The summed E-state index contributed by atoms with van der Waals surface area (Å²) in [5, 5.41) is 13.5. The smallest absolute Gasteiger partial charge is 0.253 e. The Bertz CT molecular complexity index is 904. The van der Waals surface area contributed by atoms with Gasteiger partial charge in [-0.25, -0.2) is 4.39 Å². The molecule has 30 heavy (non-hydrogen) atoms. The summed E-state index contributed by atoms with van der Waals surface area (Å²) < 4.78 is 21.4. The number of anilines is 1. The Morgan fingerprint density at radius 3 is 2.73 bits per heavy atom. The van der Waals surface area contributed by atoms with Crippen LogP contribution < -0.4 is 10.6 Å². The van der Waals surface area contributed by atoms with Gasteiger partial charge in [0.05, 0.1) is 6.54 Å². The van der Waals surface area contributed by atoms with E-state index in [1.807, 2.05) is 4.57 Å². The molecule has 0 spiro atoms. The van der Waals surface area contributed by atoms with E-state index < -0.39 is 17.8 Å². The number of nitrogens with zero attached hydrogens (tertiary/aromatic N) is 3. The number of benzene rings is 1. The van der Waals surface area contributed by atoms with Gasteiger partial charge in [-0.1, -0.05) is 19.3 Å². The Morgan fingerprint density at radius 2 is 1.97 bits per heavy atom. The second-order valence-corrected chi connectivity index (χ2v) is 7.85. The van der Waals surface area contributed by atoms with Gasteiger partial charge >= 0.3 is 0 Å². The molecule has 1 aromatic carbocycles. The van der Waals surface area contributed by atoms with Gasteiger partial charge in [0.1, 0.15) is 18.2 Å². The van der Waals surface area contributed by atoms with Gasteiger partial charge in [0.25, 0.3) is 11.8 Å². The third-order valence-corrected chi connectivity index (χ3v) is 5.67. The molecule has 1 saturated heterocycles. The summed E-state index contributed by atoms with van der Waals surface area (Å²) in [7, 11) is 0. The first-order valence-electron chi connectivity index (χ1n) is 10.5. The van der Waals surface area contributed by atoms with Gasteiger partial charge in [0.15, 0.2) is 5.82 Å². The quantitative estimate of drug-likeness (QED) is 0.756. The predicted octanol–water partition coefficient (Wildman–Crippen LogP) is 2.97. The highest BCUT2D eigenvalue weighted by Gasteiger charge is 2.24. The number of nitrogens with one attached hydrogen (secondary N) is 2. The summed E-state index contributed by atoms with van der Waals surface area (Å²) in [6.07, 6.45) is 8.39. The molecule has 0 unspecified atom stereocenters. The predicted molar refractivity (Wildman–Crippen MR) is 107 cm³/mol. The highest BCUT2D eigenvalue weighted by molar-refractivity contribution is 5.98. The van der Waals surface area contributed by atoms with Crippen molar-refractivity contribution in [1.82, 2.24) is 20.1 Å². The lowest BCUT2D eigenvalue weighted by Crippen LogP contribution is -2.28. The Hall–Kier alpha value is -2.81. The minimum atomic E-state index is -0.601. The second-order valence-electron chi connectivity index (χ2n) is 7.85. The third-order valence-electron chi connectivity index (χ3n) is 5.67. The van der Waals surface area contributed by atoms with E-state index in [-0.39, 0.29) is 23.7 Å². The maximum atomic E-state index is 14.0. The highest BCUT2D eigenvalue weighted by atomic mass is 19.1. The third kappa shape index (κ3) is 4.84. The van der Waals surface area contributed by atoms with E-state index in [0.29, 0.717) is 24.9 Å². The van der Waals surface area contributed by atoms with Crippen LogP contribution in [0.3, 0.4) is 0 Å². The maximum absolute atomic E-state index is 14.0. The molecule has 160 valence electrons. The van der Waals surface area contributed by atoms with Crippen LogP contribution in [0.1, 0.15) is 67.2 Å². The van der Waals surface area contributed by atoms with E-state index >= 15 is 0 Å². The summed E-state index contributed by atoms with van der Waals surface area (Å²) in [5.74, 6) is -0.695. The van der Waals surface area contributed by atoms with Crippen molar-refractivity contribution in [2.24, 2.45) is 0 Å². The van der Waals surface area contributed by atoms with Crippen LogP contribution in [0, 0.1) is 5.82 Å². The molecule has 2 heterocycles. The van der Waals surface area contributed by atoms with E-state index in [4.69, 9.17) is 4.74 Å². The minimum Gasteiger partial charge on any atom is -0.368 e. The van der Waals surface area contributed by atoms with Gasteiger partial charge in [0.2, 0.25) is 0 Å². The van der Waals surface area contributed by atoms with Crippen molar-refractivity contribution in [3.05, 3.63) is 41.7 Å². The lowest BCUT2D eigenvalue weighted by atomic mass is 9.95. The van der Waals surface area contributed by atoms with Crippen molar-refractivity contribution in [2.45, 2.75) is 63.6 Å². The summed E-state index contributed by atoms with van der Waals surface area (Å²) in [4.78, 5) is 24.8. The van der Waals surface area contributed by atoms with Crippen molar-refractivity contribution in [2.75, 3.05) is 11.9 Å². The number of rotatable bonds is 6. The molecule has 1 saturated carbocycles. The van der Waals surface area contributed by atoms with Crippen molar-refractivity contribution in [3.8, 4) is 0 Å². The SMILES string of the molecule is O=C(NCc1nncn1C1CCCCC1)c1cc(F)cc(NC(=O)[C@H]2CCCO2)c1. The van der Waals surface area contributed by atoms with Crippen LogP contribution in [0.15, 0.2) is 24.5 Å². The maximum Gasteiger partial charge on any atom is 0.253 e. The molecule has 8 nitrogen and oxygen atoms in total. The normalized spacial score (nSPS) is 19.6. The van der Waals surface area contributed by atoms with Crippen LogP contribution in [0.25, 0.3) is 0 Å². The Balaban J connectivity index is 1.39. The number of ether oxygens (including phenoxy) is 1. The van der Waals surface area contributed by atoms with E-state index in [0.717, 1.165) is 25.3 Å². The number of carbonyl (C=O) groups is 2. The standard InChI is InChI=1S/C21H26FN5O3/c22-15-9-14(10-16(11-15)25-21(29)18-7-4-8-30-18)20(28)23-12-19-26-24-13-27(19)17-5-2-1-3-6-17/h9-11,13,17-18H,1-8,12H2,(H,23,28)(H,25,29)/t18-/m1/s1. The molecule has 9 heteroatoms. The molecule has 1 atom stereocenters. The first-order valence-corrected chi connectivity index (χ1v) is 10.5. The zero-order valence-corrected chi connectivity index (χ0v) is 16.8. The monoisotopic (exact) mass is 415 g/mol. The van der Waals surface area contributed by atoms with Gasteiger partial charge in [0, 0.05) is 23.9 Å². The Kier molecular flexibility index (Phi) is 6.37. The molecular weight excluding hydrogens is 389 g/mol. The van der Waals surface area contributed by atoms with Crippen molar-refractivity contribution in [1.29, 1.82) is 0 Å². The molecule has 0 radical (unpaired) electrons. The first kappa shape index (κ1) is 20.5. The molecule has 1 aliphatic carbocycles. The molecule has 2 amide bonds. The van der Waals surface area contributed by atoms with E-state index in [9.17, 15) is 14.0 Å². The average Bonchev–Trinajstić information content (AvgIpc) is 3.44. The lowest BCUT2D eigenvalue weighted by Gasteiger charge is -2.24. The molecular formula is C21H26FN5O3. The summed E-state index contributed by atoms with van der Waals surface area (Å²) in [5.41, 5.74) is 0.354. The largest absolute Gasteiger partial charge is 0.368 e. The molecule has 0 bridgehead atoms. The van der Waals surface area contributed by atoms with Gasteiger partial charge < -0.3 is 19.9 Å². The lowest BCUT2D eigenvalue weighted by molar-refractivity contribution is -0.124. The van der Waals surface area contributed by atoms with E-state index in [2.05, 4.69) is 20.8 Å². The van der Waals surface area contributed by atoms with E-state index in [1.54, 1.807) is 6.33 Å².